The lowest BCUT2D eigenvalue weighted by molar-refractivity contribution is -0.117. The van der Waals surface area contributed by atoms with Crippen LogP contribution >= 0.6 is 0 Å². The molecule has 9 heteroatoms. The standard InChI is InChI=1S/C24H22N6O3/c31-21-7-6-19-14-33-22-20(30(19)21)10-18(13-25-22)28-24-26-11-17(12-27-24)15-2-4-16(5-3-15)23(32)29-8-1-9-29/h2-5,10-13,19H,1,6-9,14H2,(H,26,27,28)/t19-/m0/s1. The van der Waals surface area contributed by atoms with Gasteiger partial charge >= 0.3 is 0 Å². The highest BCUT2D eigenvalue weighted by atomic mass is 16.5. The van der Waals surface area contributed by atoms with E-state index >= 15 is 0 Å². The van der Waals surface area contributed by atoms with Crippen LogP contribution in [0.2, 0.25) is 0 Å². The number of benzene rings is 1. The van der Waals surface area contributed by atoms with Crippen molar-refractivity contribution in [1.82, 2.24) is 19.9 Å². The Balaban J connectivity index is 1.17. The topological polar surface area (TPSA) is 101 Å². The van der Waals surface area contributed by atoms with Gasteiger partial charge in [-0.15, -0.1) is 0 Å². The molecule has 2 fully saturated rings. The number of nitrogens with one attached hydrogen (secondary N) is 1. The lowest BCUT2D eigenvalue weighted by atomic mass is 10.1. The smallest absolute Gasteiger partial charge is 0.253 e. The van der Waals surface area contributed by atoms with Gasteiger partial charge in [0.1, 0.15) is 12.3 Å². The van der Waals surface area contributed by atoms with Gasteiger partial charge in [0, 0.05) is 43.0 Å². The zero-order valence-corrected chi connectivity index (χ0v) is 17.9. The van der Waals surface area contributed by atoms with Gasteiger partial charge in [-0.3, -0.25) is 9.59 Å². The SMILES string of the molecule is O=C(c1ccc(-c2cnc(Nc3cnc4c(c3)N3C(=O)CC[C@H]3CO4)nc2)cc1)N1CCC1. The predicted molar refractivity (Wildman–Crippen MR) is 122 cm³/mol. The van der Waals surface area contributed by atoms with Crippen LogP contribution in [0.1, 0.15) is 29.6 Å². The van der Waals surface area contributed by atoms with Gasteiger partial charge in [0.05, 0.1) is 17.9 Å². The lowest BCUT2D eigenvalue weighted by Gasteiger charge is -2.31. The quantitative estimate of drug-likeness (QED) is 0.663. The zero-order valence-electron chi connectivity index (χ0n) is 17.9. The fourth-order valence-electron chi connectivity index (χ4n) is 4.38. The molecule has 3 aliphatic rings. The molecule has 33 heavy (non-hydrogen) atoms. The molecule has 1 aromatic carbocycles. The van der Waals surface area contributed by atoms with E-state index in [2.05, 4.69) is 20.3 Å². The normalized spacial score (nSPS) is 18.8. The van der Waals surface area contributed by atoms with Gasteiger partial charge in [0.25, 0.3) is 5.91 Å². The van der Waals surface area contributed by atoms with Gasteiger partial charge in [-0.2, -0.15) is 0 Å². The van der Waals surface area contributed by atoms with Gasteiger partial charge < -0.3 is 19.9 Å². The number of likely N-dealkylation sites (tertiary alicyclic amines) is 1. The molecule has 0 bridgehead atoms. The minimum Gasteiger partial charge on any atom is -0.474 e. The molecule has 3 aliphatic heterocycles. The lowest BCUT2D eigenvalue weighted by Crippen LogP contribution is -2.41. The van der Waals surface area contributed by atoms with Crippen molar-refractivity contribution in [2.45, 2.75) is 25.3 Å². The van der Waals surface area contributed by atoms with E-state index < -0.39 is 0 Å². The maximum absolute atomic E-state index is 12.3. The Hall–Kier alpha value is -4.01. The first-order chi connectivity index (χ1) is 16.2. The van der Waals surface area contributed by atoms with Crippen molar-refractivity contribution in [1.29, 1.82) is 0 Å². The van der Waals surface area contributed by atoms with Crippen LogP contribution in [0.15, 0.2) is 48.9 Å². The van der Waals surface area contributed by atoms with Gasteiger partial charge in [-0.05, 0) is 36.6 Å². The Morgan fingerprint density at radius 2 is 1.82 bits per heavy atom. The molecule has 2 aromatic heterocycles. The number of nitrogens with zero attached hydrogens (tertiary/aromatic N) is 5. The molecule has 0 aliphatic carbocycles. The van der Waals surface area contributed by atoms with Crippen LogP contribution in [-0.2, 0) is 4.79 Å². The Kier molecular flexibility index (Phi) is 4.67. The Morgan fingerprint density at radius 3 is 2.55 bits per heavy atom. The second kappa shape index (κ2) is 7.84. The molecule has 3 aromatic rings. The van der Waals surface area contributed by atoms with Crippen LogP contribution < -0.4 is 15.0 Å². The minimum atomic E-state index is 0.0742. The van der Waals surface area contributed by atoms with Crippen LogP contribution in [0.5, 0.6) is 5.88 Å². The number of ether oxygens (including phenoxy) is 1. The highest BCUT2D eigenvalue weighted by Crippen LogP contribution is 2.38. The summed E-state index contributed by atoms with van der Waals surface area (Å²) in [7, 11) is 0. The van der Waals surface area contributed by atoms with Crippen molar-refractivity contribution in [2.75, 3.05) is 29.9 Å². The van der Waals surface area contributed by atoms with Crippen LogP contribution in [0.3, 0.4) is 0 Å². The summed E-state index contributed by atoms with van der Waals surface area (Å²) in [6.07, 6.45) is 7.52. The summed E-state index contributed by atoms with van der Waals surface area (Å²) in [6.45, 7) is 2.16. The van der Waals surface area contributed by atoms with Crippen molar-refractivity contribution >= 4 is 29.1 Å². The number of carbonyl (C=O) groups is 2. The van der Waals surface area contributed by atoms with Crippen molar-refractivity contribution in [2.24, 2.45) is 0 Å². The fraction of sp³-hybridized carbons (Fsp3) is 0.292. The van der Waals surface area contributed by atoms with Gasteiger partial charge in [-0.1, -0.05) is 12.1 Å². The summed E-state index contributed by atoms with van der Waals surface area (Å²) in [4.78, 5) is 41.4. The monoisotopic (exact) mass is 442 g/mol. The van der Waals surface area contributed by atoms with Gasteiger partial charge in [-0.25, -0.2) is 15.0 Å². The molecule has 2 saturated heterocycles. The van der Waals surface area contributed by atoms with E-state index in [1.807, 2.05) is 35.2 Å². The number of anilines is 3. The first-order valence-corrected chi connectivity index (χ1v) is 11.1. The van der Waals surface area contributed by atoms with Crippen molar-refractivity contribution in [3.8, 4) is 17.0 Å². The largest absolute Gasteiger partial charge is 0.474 e. The van der Waals surface area contributed by atoms with E-state index in [0.29, 0.717) is 41.8 Å². The maximum Gasteiger partial charge on any atom is 0.253 e. The number of hydrogen-bond donors (Lipinski definition) is 1. The highest BCUT2D eigenvalue weighted by molar-refractivity contribution is 5.98. The molecule has 166 valence electrons. The number of fused-ring (bicyclic) bond motifs is 3. The predicted octanol–water partition coefficient (Wildman–Crippen LogP) is 3.02. The fourth-order valence-corrected chi connectivity index (χ4v) is 4.38. The van der Waals surface area contributed by atoms with E-state index in [1.54, 1.807) is 23.5 Å². The second-order valence-corrected chi connectivity index (χ2v) is 8.46. The summed E-state index contributed by atoms with van der Waals surface area (Å²) >= 11 is 0. The third-order valence-electron chi connectivity index (χ3n) is 6.35. The number of aromatic nitrogens is 3. The highest BCUT2D eigenvalue weighted by Gasteiger charge is 2.38. The van der Waals surface area contributed by atoms with E-state index in [0.717, 1.165) is 37.1 Å². The maximum atomic E-state index is 12.3. The molecular weight excluding hydrogens is 420 g/mol. The summed E-state index contributed by atoms with van der Waals surface area (Å²) in [5.41, 5.74) is 3.85. The number of rotatable bonds is 4. The third-order valence-corrected chi connectivity index (χ3v) is 6.35. The molecule has 1 atom stereocenters. The molecular formula is C24H22N6O3. The number of carbonyl (C=O) groups excluding carboxylic acids is 2. The molecule has 9 nitrogen and oxygen atoms in total. The average Bonchev–Trinajstić information content (AvgIpc) is 3.20. The van der Waals surface area contributed by atoms with Gasteiger partial charge in [0.2, 0.25) is 17.7 Å². The zero-order chi connectivity index (χ0) is 22.4. The van der Waals surface area contributed by atoms with Crippen LogP contribution in [-0.4, -0.2) is 57.4 Å². The van der Waals surface area contributed by atoms with Crippen LogP contribution in [0, 0.1) is 0 Å². The molecule has 0 spiro atoms. The summed E-state index contributed by atoms with van der Waals surface area (Å²) < 4.78 is 5.71. The molecule has 0 saturated carbocycles. The third kappa shape index (κ3) is 3.55. The summed E-state index contributed by atoms with van der Waals surface area (Å²) in [5, 5.41) is 3.15. The van der Waals surface area contributed by atoms with E-state index in [9.17, 15) is 9.59 Å². The first-order valence-electron chi connectivity index (χ1n) is 11.1. The summed E-state index contributed by atoms with van der Waals surface area (Å²) in [6, 6.07) is 9.44. The summed E-state index contributed by atoms with van der Waals surface area (Å²) in [5.74, 6) is 1.07. The second-order valence-electron chi connectivity index (χ2n) is 8.46. The average molecular weight is 442 g/mol. The first kappa shape index (κ1) is 19.7. The molecule has 1 N–H and O–H groups in total. The Labute approximate surface area is 190 Å². The Morgan fingerprint density at radius 1 is 1.03 bits per heavy atom. The molecule has 0 unspecified atom stereocenters. The number of pyridine rings is 1. The Bertz CT molecular complexity index is 1220. The molecule has 6 rings (SSSR count). The van der Waals surface area contributed by atoms with Crippen molar-refractivity contribution < 1.29 is 14.3 Å². The van der Waals surface area contributed by atoms with Gasteiger partial charge in [0.15, 0.2) is 0 Å². The van der Waals surface area contributed by atoms with Crippen molar-refractivity contribution in [3.63, 3.8) is 0 Å². The van der Waals surface area contributed by atoms with E-state index in [-0.39, 0.29) is 17.9 Å². The molecule has 2 amide bonds. The van der Waals surface area contributed by atoms with Crippen LogP contribution in [0.4, 0.5) is 17.3 Å². The van der Waals surface area contributed by atoms with Crippen LogP contribution in [0.25, 0.3) is 11.1 Å². The number of hydrogen-bond acceptors (Lipinski definition) is 7. The molecule has 5 heterocycles. The van der Waals surface area contributed by atoms with E-state index in [1.165, 1.54) is 0 Å². The van der Waals surface area contributed by atoms with Crippen molar-refractivity contribution in [3.05, 3.63) is 54.5 Å². The molecule has 0 radical (unpaired) electrons. The van der Waals surface area contributed by atoms with E-state index in [4.69, 9.17) is 4.74 Å². The minimum absolute atomic E-state index is 0.0742. The number of amides is 2.